The summed E-state index contributed by atoms with van der Waals surface area (Å²) in [5.41, 5.74) is 0. The molecule has 3 heterocycles. The van der Waals surface area contributed by atoms with Gasteiger partial charge in [-0.15, -0.1) is 18.3 Å². The van der Waals surface area contributed by atoms with Crippen LogP contribution >= 0.6 is 11.8 Å². The Morgan fingerprint density at radius 2 is 1.94 bits per heavy atom. The van der Waals surface area contributed by atoms with E-state index in [0.29, 0.717) is 19.7 Å². The van der Waals surface area contributed by atoms with Gasteiger partial charge in [-0.3, -0.25) is 14.4 Å². The van der Waals surface area contributed by atoms with Crippen molar-refractivity contribution in [1.82, 2.24) is 9.80 Å². The molecule has 1 aliphatic carbocycles. The number of nitrogens with zero attached hydrogens (tertiary/aromatic N) is 2. The molecule has 0 radical (unpaired) electrons. The molecule has 3 saturated heterocycles. The molecule has 2 amide bonds. The molecule has 0 aromatic carbocycles. The lowest BCUT2D eigenvalue weighted by molar-refractivity contribution is -0.154. The van der Waals surface area contributed by atoms with Gasteiger partial charge in [0.15, 0.2) is 0 Å². The van der Waals surface area contributed by atoms with Crippen molar-refractivity contribution in [2.75, 3.05) is 26.3 Å². The molecular formula is C28H44N2O5S. The zero-order valence-electron chi connectivity index (χ0n) is 22.0. The largest absolute Gasteiger partial charge is 0.466 e. The number of ether oxygens (including phenoxy) is 1. The summed E-state index contributed by atoms with van der Waals surface area (Å²) in [6, 6.07) is -0.375. The maximum Gasteiger partial charge on any atom is 0.310 e. The van der Waals surface area contributed by atoms with Gasteiger partial charge < -0.3 is 19.6 Å². The number of carbonyl (C=O) groups excluding carboxylic acids is 3. The molecule has 4 rings (SSSR count). The Labute approximate surface area is 220 Å². The lowest BCUT2D eigenvalue weighted by atomic mass is 9.66. The van der Waals surface area contributed by atoms with E-state index in [-0.39, 0.29) is 41.6 Å². The van der Waals surface area contributed by atoms with Gasteiger partial charge in [0.2, 0.25) is 11.8 Å². The molecule has 202 valence electrons. The molecule has 2 bridgehead atoms. The Bertz CT molecular complexity index is 831. The predicted octanol–water partition coefficient (Wildman–Crippen LogP) is 3.79. The quantitative estimate of drug-likeness (QED) is 0.239. The van der Waals surface area contributed by atoms with Crippen molar-refractivity contribution in [3.05, 3.63) is 12.7 Å². The first-order valence-electron chi connectivity index (χ1n) is 14.1. The Morgan fingerprint density at radius 3 is 2.61 bits per heavy atom. The van der Waals surface area contributed by atoms with Crippen LogP contribution in [0.1, 0.15) is 78.1 Å². The van der Waals surface area contributed by atoms with Gasteiger partial charge in [-0.1, -0.05) is 45.1 Å². The van der Waals surface area contributed by atoms with Gasteiger partial charge in [-0.25, -0.2) is 0 Å². The lowest BCUT2D eigenvalue weighted by Gasteiger charge is -2.43. The van der Waals surface area contributed by atoms with Crippen LogP contribution in [0, 0.1) is 17.8 Å². The number of esters is 1. The number of hydrogen-bond donors (Lipinski definition) is 1. The molecule has 1 spiro atoms. The van der Waals surface area contributed by atoms with E-state index in [1.807, 2.05) is 15.9 Å². The number of fused-ring (bicyclic) bond motifs is 1. The average molecular weight is 521 g/mol. The molecule has 3 aliphatic heterocycles. The second kappa shape index (κ2) is 11.9. The average Bonchev–Trinajstić information content (AvgIpc) is 3.46. The van der Waals surface area contributed by atoms with Crippen LogP contribution in [-0.2, 0) is 19.1 Å². The Hall–Kier alpha value is -1.54. The summed E-state index contributed by atoms with van der Waals surface area (Å²) in [7, 11) is 0. The predicted molar refractivity (Wildman–Crippen MR) is 141 cm³/mol. The van der Waals surface area contributed by atoms with E-state index in [1.165, 1.54) is 6.42 Å². The third-order valence-corrected chi connectivity index (χ3v) is 11.0. The topological polar surface area (TPSA) is 87.2 Å². The molecule has 1 N–H and O–H groups in total. The normalized spacial score (nSPS) is 33.6. The fourth-order valence-corrected chi connectivity index (χ4v) is 9.81. The van der Waals surface area contributed by atoms with Crippen LogP contribution in [0.3, 0.4) is 0 Å². The molecular weight excluding hydrogens is 476 g/mol. The Kier molecular flexibility index (Phi) is 9.08. The van der Waals surface area contributed by atoms with Gasteiger partial charge in [-0.05, 0) is 44.9 Å². The minimum atomic E-state index is -0.588. The van der Waals surface area contributed by atoms with Crippen molar-refractivity contribution in [3.63, 3.8) is 0 Å². The van der Waals surface area contributed by atoms with Crippen LogP contribution < -0.4 is 0 Å². The Morgan fingerprint density at radius 1 is 1.22 bits per heavy atom. The fourth-order valence-electron chi connectivity index (χ4n) is 7.40. The van der Waals surface area contributed by atoms with Crippen molar-refractivity contribution >= 4 is 29.5 Å². The van der Waals surface area contributed by atoms with E-state index in [9.17, 15) is 14.4 Å². The second-order valence-corrected chi connectivity index (χ2v) is 12.6. The van der Waals surface area contributed by atoms with Crippen molar-refractivity contribution in [1.29, 1.82) is 0 Å². The maximum absolute atomic E-state index is 14.5. The van der Waals surface area contributed by atoms with Gasteiger partial charge >= 0.3 is 5.97 Å². The number of unbranched alkanes of at least 4 members (excludes halogenated alkanes) is 3. The number of carbonyl (C=O) groups is 3. The molecule has 4 fully saturated rings. The molecule has 36 heavy (non-hydrogen) atoms. The first kappa shape index (κ1) is 27.5. The summed E-state index contributed by atoms with van der Waals surface area (Å²) in [5, 5.41) is 9.16. The number of thioether (sulfide) groups is 1. The maximum atomic E-state index is 14.5. The third-order valence-electron chi connectivity index (χ3n) is 8.97. The molecule has 1 saturated carbocycles. The first-order valence-corrected chi connectivity index (χ1v) is 15.0. The number of likely N-dealkylation sites (tertiary alicyclic amines) is 1. The number of aliphatic hydroxyl groups is 1. The van der Waals surface area contributed by atoms with Crippen LogP contribution in [0.5, 0.6) is 0 Å². The van der Waals surface area contributed by atoms with E-state index < -0.39 is 22.6 Å². The second-order valence-electron chi connectivity index (χ2n) is 11.0. The zero-order chi connectivity index (χ0) is 25.9. The van der Waals surface area contributed by atoms with Crippen LogP contribution in [-0.4, -0.2) is 81.1 Å². The number of rotatable bonds is 12. The van der Waals surface area contributed by atoms with Crippen LogP contribution in [0.15, 0.2) is 12.7 Å². The summed E-state index contributed by atoms with van der Waals surface area (Å²) in [6.07, 6.45) is 11.4. The summed E-state index contributed by atoms with van der Waals surface area (Å²) < 4.78 is 4.86. The van der Waals surface area contributed by atoms with E-state index in [4.69, 9.17) is 9.84 Å². The summed E-state index contributed by atoms with van der Waals surface area (Å²) in [5.74, 6) is -1.10. The standard InChI is InChI=1S/C28H44N2O5S/c1-4-15-29(20-13-9-8-10-14-20)26(33)24-28-19(3)18-21(36-28)22(27(34)35-5-2)23(28)25(32)30(24)16-11-6-7-12-17-31/h4,19-24,31H,1,5-18H2,2-3H3/t19?,21-,22+,23-,24?,28?/m0/s1. The molecule has 8 heteroatoms. The third kappa shape index (κ3) is 4.72. The van der Waals surface area contributed by atoms with Crippen LogP contribution in [0.4, 0.5) is 0 Å². The summed E-state index contributed by atoms with van der Waals surface area (Å²) >= 11 is 1.72. The SMILES string of the molecule is C=CCN(C(=O)C1N(CCCCCCO)C(=O)[C@@H]2[C@H](C(=O)OCC)[C@@H]3CC(C)C12S3)C1CCCCC1. The molecule has 0 aromatic rings. The zero-order valence-corrected chi connectivity index (χ0v) is 22.8. The van der Waals surface area contributed by atoms with Gasteiger partial charge in [0, 0.05) is 31.0 Å². The highest BCUT2D eigenvalue weighted by Crippen LogP contribution is 2.68. The van der Waals surface area contributed by atoms with E-state index >= 15 is 0 Å². The minimum absolute atomic E-state index is 0.0255. The van der Waals surface area contributed by atoms with E-state index in [0.717, 1.165) is 57.8 Å². The smallest absolute Gasteiger partial charge is 0.310 e. The highest BCUT2D eigenvalue weighted by molar-refractivity contribution is 8.02. The number of aliphatic hydroxyl groups excluding tert-OH is 1. The minimum Gasteiger partial charge on any atom is -0.466 e. The van der Waals surface area contributed by atoms with E-state index in [1.54, 1.807) is 18.7 Å². The van der Waals surface area contributed by atoms with Crippen molar-refractivity contribution in [3.8, 4) is 0 Å². The van der Waals surface area contributed by atoms with Crippen molar-refractivity contribution < 1.29 is 24.2 Å². The van der Waals surface area contributed by atoms with Crippen molar-refractivity contribution in [2.24, 2.45) is 17.8 Å². The van der Waals surface area contributed by atoms with Gasteiger partial charge in [-0.2, -0.15) is 0 Å². The molecule has 7 nitrogen and oxygen atoms in total. The molecule has 4 aliphatic rings. The fraction of sp³-hybridized carbons (Fsp3) is 0.821. The molecule has 6 atom stereocenters. The molecule has 3 unspecified atom stereocenters. The van der Waals surface area contributed by atoms with Crippen LogP contribution in [0.2, 0.25) is 0 Å². The molecule has 0 aromatic heterocycles. The first-order chi connectivity index (χ1) is 17.4. The monoisotopic (exact) mass is 520 g/mol. The Balaban J connectivity index is 1.68. The van der Waals surface area contributed by atoms with Gasteiger partial charge in [0.05, 0.1) is 23.2 Å². The van der Waals surface area contributed by atoms with Gasteiger partial charge in [0.25, 0.3) is 0 Å². The van der Waals surface area contributed by atoms with Gasteiger partial charge in [0.1, 0.15) is 6.04 Å². The summed E-state index contributed by atoms with van der Waals surface area (Å²) in [6.45, 7) is 9.37. The lowest BCUT2D eigenvalue weighted by Crippen LogP contribution is -2.59. The number of hydrogen-bond acceptors (Lipinski definition) is 6. The van der Waals surface area contributed by atoms with Crippen molar-refractivity contribution in [2.45, 2.75) is 100 Å². The number of amides is 2. The highest BCUT2D eigenvalue weighted by atomic mass is 32.2. The summed E-state index contributed by atoms with van der Waals surface area (Å²) in [4.78, 5) is 45.5. The van der Waals surface area contributed by atoms with E-state index in [2.05, 4.69) is 13.5 Å². The highest BCUT2D eigenvalue weighted by Gasteiger charge is 2.76. The van der Waals surface area contributed by atoms with Crippen LogP contribution in [0.25, 0.3) is 0 Å².